The molecule has 2 aliphatic rings. The molecule has 8 heteroatoms. The van der Waals surface area contributed by atoms with Crippen LogP contribution in [0.1, 0.15) is 70.1 Å². The lowest BCUT2D eigenvalue weighted by atomic mass is 9.74. The second-order valence-electron chi connectivity index (χ2n) is 8.37. The minimum absolute atomic E-state index is 0.0124. The molecule has 0 saturated carbocycles. The van der Waals surface area contributed by atoms with E-state index in [0.717, 1.165) is 12.1 Å². The van der Waals surface area contributed by atoms with Crippen molar-refractivity contribution >= 4 is 0 Å². The van der Waals surface area contributed by atoms with Crippen LogP contribution in [0.4, 0.5) is 17.6 Å². The van der Waals surface area contributed by atoms with Gasteiger partial charge in [-0.05, 0) is 54.2 Å². The van der Waals surface area contributed by atoms with Gasteiger partial charge in [0, 0.05) is 23.5 Å². The molecule has 1 heterocycles. The van der Waals surface area contributed by atoms with Gasteiger partial charge in [0.05, 0.1) is 17.3 Å². The van der Waals surface area contributed by atoms with Gasteiger partial charge in [0.25, 0.3) is 5.92 Å². The molecule has 2 aromatic carbocycles. The minimum Gasteiger partial charge on any atom is -0.443 e. The quantitative estimate of drug-likeness (QED) is 0.508. The number of oxazole rings is 1. The standard InChI is InChI=1S/C24H18F4N2O2/c1-11-22(32-10-30-11)16-3-2-14(18-8-24(27,28)23(31)21(16)18)15-4-5-19(26)17-7-13(25)6-12(9-29)20(15)17/h2-3,6-7,10,15,19,23,31H,4-5,8H2,1H3/t15-,19+,23+/m1/s1. The molecule has 5 rings (SSSR count). The summed E-state index contributed by atoms with van der Waals surface area (Å²) in [7, 11) is 0. The Balaban J connectivity index is 1.75. The van der Waals surface area contributed by atoms with Crippen LogP contribution in [0, 0.1) is 24.1 Å². The lowest BCUT2D eigenvalue weighted by molar-refractivity contribution is -0.0966. The van der Waals surface area contributed by atoms with Crippen molar-refractivity contribution in [2.75, 3.05) is 0 Å². The molecule has 32 heavy (non-hydrogen) atoms. The molecular formula is C24H18F4N2O2. The number of aromatic nitrogens is 1. The minimum atomic E-state index is -3.40. The molecule has 0 bridgehead atoms. The van der Waals surface area contributed by atoms with Crippen LogP contribution in [0.3, 0.4) is 0 Å². The maximum atomic E-state index is 14.7. The lowest BCUT2D eigenvalue weighted by Gasteiger charge is -2.31. The van der Waals surface area contributed by atoms with Gasteiger partial charge in [0.2, 0.25) is 0 Å². The van der Waals surface area contributed by atoms with Gasteiger partial charge in [-0.3, -0.25) is 0 Å². The number of nitrogens with zero attached hydrogens (tertiary/aromatic N) is 2. The van der Waals surface area contributed by atoms with Gasteiger partial charge in [-0.15, -0.1) is 0 Å². The third kappa shape index (κ3) is 2.95. The van der Waals surface area contributed by atoms with Crippen molar-refractivity contribution in [2.45, 2.75) is 50.3 Å². The Morgan fingerprint density at radius 2 is 1.97 bits per heavy atom. The highest BCUT2D eigenvalue weighted by atomic mass is 19.3. The first-order valence-electron chi connectivity index (χ1n) is 10.2. The van der Waals surface area contributed by atoms with Crippen LogP contribution in [0.5, 0.6) is 0 Å². The fraction of sp³-hybridized carbons (Fsp3) is 0.333. The zero-order valence-electron chi connectivity index (χ0n) is 17.0. The monoisotopic (exact) mass is 442 g/mol. The summed E-state index contributed by atoms with van der Waals surface area (Å²) < 4.78 is 63.5. The SMILES string of the molecule is Cc1ncoc1-c1ccc([C@H]2CC[C@H](F)c3cc(F)cc(C#N)c32)c2c1[C@H](O)C(F)(F)C2. The van der Waals surface area contributed by atoms with Crippen LogP contribution in [0.2, 0.25) is 0 Å². The van der Waals surface area contributed by atoms with Gasteiger partial charge < -0.3 is 9.52 Å². The second kappa shape index (κ2) is 7.17. The topological polar surface area (TPSA) is 70.0 Å². The highest BCUT2D eigenvalue weighted by Crippen LogP contribution is 2.53. The molecule has 1 N–H and O–H groups in total. The first-order valence-corrected chi connectivity index (χ1v) is 10.2. The van der Waals surface area contributed by atoms with Crippen LogP contribution in [0.15, 0.2) is 35.1 Å². The van der Waals surface area contributed by atoms with E-state index >= 15 is 0 Å². The van der Waals surface area contributed by atoms with E-state index in [4.69, 9.17) is 4.42 Å². The molecule has 0 unspecified atom stereocenters. The average molecular weight is 442 g/mol. The molecule has 1 aromatic heterocycles. The van der Waals surface area contributed by atoms with Crippen LogP contribution >= 0.6 is 0 Å². The number of aryl methyl sites for hydroxylation is 1. The number of rotatable bonds is 2. The third-order valence-corrected chi connectivity index (χ3v) is 6.54. The van der Waals surface area contributed by atoms with Crippen LogP contribution in [-0.2, 0) is 6.42 Å². The number of hydrogen-bond acceptors (Lipinski definition) is 4. The lowest BCUT2D eigenvalue weighted by Crippen LogP contribution is -2.22. The Labute approximate surface area is 181 Å². The molecule has 0 fully saturated rings. The summed E-state index contributed by atoms with van der Waals surface area (Å²) in [5.74, 6) is -4.40. The molecule has 0 spiro atoms. The average Bonchev–Trinajstić information content (AvgIpc) is 3.28. The van der Waals surface area contributed by atoms with E-state index in [1.54, 1.807) is 19.1 Å². The number of hydrogen-bond donors (Lipinski definition) is 1. The number of halogens is 4. The zero-order chi connectivity index (χ0) is 22.8. The molecule has 0 saturated heterocycles. The number of nitriles is 1. The second-order valence-corrected chi connectivity index (χ2v) is 8.37. The van der Waals surface area contributed by atoms with Gasteiger partial charge in [-0.2, -0.15) is 5.26 Å². The van der Waals surface area contributed by atoms with Crippen LogP contribution < -0.4 is 0 Å². The molecular weight excluding hydrogens is 424 g/mol. The summed E-state index contributed by atoms with van der Waals surface area (Å²) in [5.41, 5.74) is 1.98. The van der Waals surface area contributed by atoms with Gasteiger partial charge in [-0.1, -0.05) is 12.1 Å². The zero-order valence-corrected chi connectivity index (χ0v) is 17.0. The molecule has 0 radical (unpaired) electrons. The van der Waals surface area contributed by atoms with E-state index in [2.05, 4.69) is 4.98 Å². The highest BCUT2D eigenvalue weighted by Gasteiger charge is 2.50. The van der Waals surface area contributed by atoms with Gasteiger partial charge in [0.1, 0.15) is 18.1 Å². The van der Waals surface area contributed by atoms with Crippen molar-refractivity contribution in [3.05, 3.63) is 75.6 Å². The Morgan fingerprint density at radius 3 is 2.66 bits per heavy atom. The van der Waals surface area contributed by atoms with Crippen molar-refractivity contribution in [3.63, 3.8) is 0 Å². The molecule has 3 aromatic rings. The van der Waals surface area contributed by atoms with Gasteiger partial charge in [0.15, 0.2) is 12.2 Å². The fourth-order valence-corrected chi connectivity index (χ4v) is 5.12. The number of alkyl halides is 3. The Kier molecular flexibility index (Phi) is 4.64. The molecule has 4 nitrogen and oxygen atoms in total. The van der Waals surface area contributed by atoms with E-state index in [1.165, 1.54) is 6.39 Å². The Morgan fingerprint density at radius 1 is 1.19 bits per heavy atom. The van der Waals surface area contributed by atoms with Crippen molar-refractivity contribution in [1.82, 2.24) is 4.98 Å². The largest absolute Gasteiger partial charge is 0.443 e. The van der Waals surface area contributed by atoms with Crippen molar-refractivity contribution in [2.24, 2.45) is 0 Å². The third-order valence-electron chi connectivity index (χ3n) is 6.54. The molecule has 0 amide bonds. The smallest absolute Gasteiger partial charge is 0.281 e. The predicted molar refractivity (Wildman–Crippen MR) is 106 cm³/mol. The first kappa shape index (κ1) is 20.7. The number of fused-ring (bicyclic) bond motifs is 2. The first-order chi connectivity index (χ1) is 15.2. The summed E-state index contributed by atoms with van der Waals surface area (Å²) in [6, 6.07) is 7.28. The van der Waals surface area contributed by atoms with Gasteiger partial charge in [-0.25, -0.2) is 22.5 Å². The van der Waals surface area contributed by atoms with E-state index in [1.807, 2.05) is 6.07 Å². The van der Waals surface area contributed by atoms with Gasteiger partial charge >= 0.3 is 0 Å². The van der Waals surface area contributed by atoms with E-state index in [0.29, 0.717) is 22.4 Å². The highest BCUT2D eigenvalue weighted by molar-refractivity contribution is 5.70. The van der Waals surface area contributed by atoms with Crippen LogP contribution in [-0.4, -0.2) is 16.0 Å². The number of aliphatic hydroxyl groups is 1. The summed E-state index contributed by atoms with van der Waals surface area (Å²) in [6.45, 7) is 1.67. The van der Waals surface area contributed by atoms with Crippen LogP contribution in [0.25, 0.3) is 11.3 Å². The molecule has 164 valence electrons. The number of benzene rings is 2. The molecule has 2 aliphatic carbocycles. The maximum absolute atomic E-state index is 14.7. The summed E-state index contributed by atoms with van der Waals surface area (Å²) in [5, 5.41) is 20.1. The summed E-state index contributed by atoms with van der Waals surface area (Å²) in [4.78, 5) is 4.01. The molecule has 0 aliphatic heterocycles. The van der Waals surface area contributed by atoms with E-state index < -0.39 is 36.4 Å². The fourth-order valence-electron chi connectivity index (χ4n) is 5.12. The Hall–Kier alpha value is -3.18. The van der Waals surface area contributed by atoms with Crippen molar-refractivity contribution in [1.29, 1.82) is 5.26 Å². The van der Waals surface area contributed by atoms with E-state index in [9.17, 15) is 27.9 Å². The maximum Gasteiger partial charge on any atom is 0.281 e. The molecule has 3 atom stereocenters. The predicted octanol–water partition coefficient (Wildman–Crippen LogP) is 5.82. The number of aliphatic hydroxyl groups excluding tert-OH is 1. The van der Waals surface area contributed by atoms with Crippen molar-refractivity contribution < 1.29 is 27.1 Å². The normalized spacial score (nSPS) is 23.5. The summed E-state index contributed by atoms with van der Waals surface area (Å²) >= 11 is 0. The Bertz CT molecular complexity index is 1280. The van der Waals surface area contributed by atoms with E-state index in [-0.39, 0.29) is 40.9 Å². The summed E-state index contributed by atoms with van der Waals surface area (Å²) in [6.07, 6.45) is -2.64. The van der Waals surface area contributed by atoms with Crippen molar-refractivity contribution in [3.8, 4) is 17.4 Å².